The predicted octanol–water partition coefficient (Wildman–Crippen LogP) is 4.34. The molecule has 2 saturated carbocycles. The first-order valence-electron chi connectivity index (χ1n) is 10.6. The molecule has 0 saturated heterocycles. The lowest BCUT2D eigenvalue weighted by Gasteiger charge is -2.48. The fraction of sp³-hybridized carbons (Fsp3) is 0.391. The number of aromatic amines is 2. The largest absolute Gasteiger partial charge is 0.382 e. The summed E-state index contributed by atoms with van der Waals surface area (Å²) in [5, 5.41) is 17.1. The molecule has 2 fully saturated rings. The van der Waals surface area contributed by atoms with Gasteiger partial charge in [0, 0.05) is 23.5 Å². The van der Waals surface area contributed by atoms with Gasteiger partial charge < -0.3 is 10.6 Å². The standard InChI is InChI=1S/C23H24N6/c1-29-18-7-6-17-15(10-25-26-17)21(18)19-11-2-3-12(8-11)20(19)22(29)13-4-5-16-14(9-13)23(24)28-27-16/h4-7,9-12,19-20,22H,2-3,8H2,1H3,(H,25,26)(H3,24,27,28). The van der Waals surface area contributed by atoms with Crippen molar-refractivity contribution in [3.8, 4) is 0 Å². The minimum Gasteiger partial charge on any atom is -0.382 e. The smallest absolute Gasteiger partial charge is 0.153 e. The number of hydrogen-bond acceptors (Lipinski definition) is 4. The molecule has 6 heteroatoms. The predicted molar refractivity (Wildman–Crippen MR) is 115 cm³/mol. The van der Waals surface area contributed by atoms with Crippen LogP contribution in [0.5, 0.6) is 0 Å². The van der Waals surface area contributed by atoms with Crippen LogP contribution in [0.2, 0.25) is 0 Å². The second kappa shape index (κ2) is 5.32. The zero-order valence-corrected chi connectivity index (χ0v) is 16.4. The average Bonchev–Trinajstić information content (AvgIpc) is 3.52. The molecule has 5 unspecified atom stereocenters. The Morgan fingerprint density at radius 3 is 2.79 bits per heavy atom. The number of nitrogens with two attached hydrogens (primary N) is 1. The zero-order chi connectivity index (χ0) is 19.3. The molecular weight excluding hydrogens is 360 g/mol. The maximum absolute atomic E-state index is 6.14. The lowest BCUT2D eigenvalue weighted by molar-refractivity contribution is 0.231. The van der Waals surface area contributed by atoms with Crippen LogP contribution < -0.4 is 10.6 Å². The summed E-state index contributed by atoms with van der Waals surface area (Å²) in [6.45, 7) is 0. The first-order valence-corrected chi connectivity index (χ1v) is 10.6. The number of benzene rings is 2. The second-order valence-corrected chi connectivity index (χ2v) is 9.24. The fourth-order valence-corrected chi connectivity index (χ4v) is 6.99. The molecule has 2 aromatic heterocycles. The summed E-state index contributed by atoms with van der Waals surface area (Å²) in [6, 6.07) is 11.5. The Kier molecular flexibility index (Phi) is 2.91. The molecule has 2 bridgehead atoms. The summed E-state index contributed by atoms with van der Waals surface area (Å²) in [6.07, 6.45) is 6.12. The van der Waals surface area contributed by atoms with Gasteiger partial charge in [0.05, 0.1) is 23.3 Å². The summed E-state index contributed by atoms with van der Waals surface area (Å²) >= 11 is 0. The Morgan fingerprint density at radius 2 is 1.86 bits per heavy atom. The van der Waals surface area contributed by atoms with E-state index in [0.29, 0.717) is 23.7 Å². The van der Waals surface area contributed by atoms with Gasteiger partial charge in [-0.2, -0.15) is 10.2 Å². The molecule has 3 aliphatic rings. The number of anilines is 2. The molecule has 5 atom stereocenters. The van der Waals surface area contributed by atoms with Crippen LogP contribution in [0.25, 0.3) is 21.8 Å². The molecule has 7 rings (SSSR count). The number of nitrogens with zero attached hydrogens (tertiary/aromatic N) is 3. The summed E-state index contributed by atoms with van der Waals surface area (Å²) < 4.78 is 0. The Hall–Kier alpha value is -3.02. The molecule has 146 valence electrons. The van der Waals surface area contributed by atoms with Crippen molar-refractivity contribution in [1.82, 2.24) is 20.4 Å². The minimum atomic E-state index is 0.367. The Labute approximate surface area is 168 Å². The van der Waals surface area contributed by atoms with Crippen molar-refractivity contribution in [2.75, 3.05) is 17.7 Å². The first kappa shape index (κ1) is 15.9. The van der Waals surface area contributed by atoms with Gasteiger partial charge in [-0.25, -0.2) is 0 Å². The molecule has 0 radical (unpaired) electrons. The maximum Gasteiger partial charge on any atom is 0.153 e. The van der Waals surface area contributed by atoms with Crippen molar-refractivity contribution in [1.29, 1.82) is 0 Å². The van der Waals surface area contributed by atoms with Crippen LogP contribution in [0, 0.1) is 17.8 Å². The summed E-state index contributed by atoms with van der Waals surface area (Å²) in [7, 11) is 2.26. The van der Waals surface area contributed by atoms with Crippen LogP contribution in [0.3, 0.4) is 0 Å². The molecule has 1 aliphatic heterocycles. The lowest BCUT2D eigenvalue weighted by atomic mass is 9.66. The molecule has 6 nitrogen and oxygen atoms in total. The van der Waals surface area contributed by atoms with E-state index < -0.39 is 0 Å². The molecule has 0 spiro atoms. The van der Waals surface area contributed by atoms with E-state index in [0.717, 1.165) is 28.3 Å². The van der Waals surface area contributed by atoms with E-state index >= 15 is 0 Å². The van der Waals surface area contributed by atoms with Crippen molar-refractivity contribution in [2.24, 2.45) is 17.8 Å². The molecule has 0 amide bonds. The molecule has 4 N–H and O–H groups in total. The highest BCUT2D eigenvalue weighted by atomic mass is 15.2. The van der Waals surface area contributed by atoms with Gasteiger partial charge >= 0.3 is 0 Å². The van der Waals surface area contributed by atoms with Gasteiger partial charge in [0.15, 0.2) is 5.82 Å². The Morgan fingerprint density at radius 1 is 1.03 bits per heavy atom. The van der Waals surface area contributed by atoms with Crippen LogP contribution >= 0.6 is 0 Å². The van der Waals surface area contributed by atoms with Crippen LogP contribution in [0.15, 0.2) is 36.5 Å². The van der Waals surface area contributed by atoms with Crippen LogP contribution in [-0.4, -0.2) is 27.4 Å². The van der Waals surface area contributed by atoms with Crippen molar-refractivity contribution in [2.45, 2.75) is 31.2 Å². The molecule has 29 heavy (non-hydrogen) atoms. The van der Waals surface area contributed by atoms with Crippen molar-refractivity contribution in [3.05, 3.63) is 47.7 Å². The minimum absolute atomic E-state index is 0.367. The third kappa shape index (κ3) is 1.92. The molecule has 4 aromatic rings. The zero-order valence-electron chi connectivity index (χ0n) is 16.4. The van der Waals surface area contributed by atoms with Gasteiger partial charge in [-0.3, -0.25) is 10.2 Å². The third-order valence-electron chi connectivity index (χ3n) is 8.08. The van der Waals surface area contributed by atoms with Gasteiger partial charge in [0.25, 0.3) is 0 Å². The van der Waals surface area contributed by atoms with Crippen molar-refractivity contribution in [3.63, 3.8) is 0 Å². The number of aromatic nitrogens is 4. The summed E-state index contributed by atoms with van der Waals surface area (Å²) in [5.74, 6) is 3.43. The Balaban J connectivity index is 1.47. The van der Waals surface area contributed by atoms with Gasteiger partial charge in [-0.1, -0.05) is 6.07 Å². The topological polar surface area (TPSA) is 86.6 Å². The summed E-state index contributed by atoms with van der Waals surface area (Å²) in [4.78, 5) is 2.51. The van der Waals surface area contributed by atoms with Crippen molar-refractivity contribution < 1.29 is 0 Å². The average molecular weight is 384 g/mol. The highest BCUT2D eigenvalue weighted by Gasteiger charge is 2.55. The second-order valence-electron chi connectivity index (χ2n) is 9.24. The normalized spacial score (nSPS) is 30.2. The third-order valence-corrected chi connectivity index (χ3v) is 8.08. The number of H-pyrrole nitrogens is 2. The number of hydrogen-bond donors (Lipinski definition) is 3. The number of nitrogens with one attached hydrogen (secondary N) is 2. The van der Waals surface area contributed by atoms with E-state index in [9.17, 15) is 0 Å². The van der Waals surface area contributed by atoms with E-state index in [1.807, 2.05) is 6.20 Å². The van der Waals surface area contributed by atoms with E-state index in [4.69, 9.17) is 5.73 Å². The van der Waals surface area contributed by atoms with Crippen LogP contribution in [0.4, 0.5) is 11.5 Å². The molecular formula is C23H24N6. The van der Waals surface area contributed by atoms with Crippen LogP contribution in [-0.2, 0) is 0 Å². The van der Waals surface area contributed by atoms with E-state index in [1.165, 1.54) is 41.5 Å². The fourth-order valence-electron chi connectivity index (χ4n) is 6.99. The van der Waals surface area contributed by atoms with Gasteiger partial charge in [-0.15, -0.1) is 0 Å². The van der Waals surface area contributed by atoms with E-state index in [1.54, 1.807) is 0 Å². The molecule has 2 aliphatic carbocycles. The first-order chi connectivity index (χ1) is 14.2. The van der Waals surface area contributed by atoms with Crippen LogP contribution in [0.1, 0.15) is 42.3 Å². The molecule has 3 heterocycles. The highest BCUT2D eigenvalue weighted by Crippen LogP contribution is 2.65. The SMILES string of the molecule is CN1c2ccc3[nH]ncc3c2C2C3CCC(C3)C2C1c1ccc2[nH]nc(N)c2c1. The number of fused-ring (bicyclic) bond motifs is 10. The lowest BCUT2D eigenvalue weighted by Crippen LogP contribution is -2.41. The summed E-state index contributed by atoms with van der Waals surface area (Å²) in [5.41, 5.74) is 12.5. The molecule has 2 aromatic carbocycles. The van der Waals surface area contributed by atoms with E-state index in [2.05, 4.69) is 62.7 Å². The number of nitrogen functional groups attached to an aromatic ring is 1. The van der Waals surface area contributed by atoms with Gasteiger partial charge in [0.2, 0.25) is 0 Å². The number of rotatable bonds is 1. The van der Waals surface area contributed by atoms with E-state index in [-0.39, 0.29) is 0 Å². The monoisotopic (exact) mass is 384 g/mol. The maximum atomic E-state index is 6.14. The quantitative estimate of drug-likeness (QED) is 0.456. The Bertz CT molecular complexity index is 1270. The van der Waals surface area contributed by atoms with Gasteiger partial charge in [-0.05, 0) is 78.3 Å². The van der Waals surface area contributed by atoms with Crippen molar-refractivity contribution >= 4 is 33.3 Å². The highest BCUT2D eigenvalue weighted by molar-refractivity contribution is 5.90. The van der Waals surface area contributed by atoms with Gasteiger partial charge in [0.1, 0.15) is 0 Å².